The molecule has 2 rings (SSSR count). The van der Waals surface area contributed by atoms with Crippen molar-refractivity contribution < 1.29 is 21.6 Å². The number of pyridine rings is 1. The molecule has 9 heteroatoms. The van der Waals surface area contributed by atoms with Crippen LogP contribution in [0.4, 0.5) is 13.2 Å². The summed E-state index contributed by atoms with van der Waals surface area (Å²) in [6.07, 6.45) is -3.20. The van der Waals surface area contributed by atoms with Gasteiger partial charge in [0.05, 0.1) is 5.56 Å². The Morgan fingerprint density at radius 2 is 1.88 bits per heavy atom. The zero-order valence-corrected chi connectivity index (χ0v) is 13.3. The van der Waals surface area contributed by atoms with Gasteiger partial charge in [-0.25, -0.2) is 13.4 Å². The van der Waals surface area contributed by atoms with Gasteiger partial charge >= 0.3 is 6.18 Å². The number of rotatable bonds is 3. The summed E-state index contributed by atoms with van der Waals surface area (Å²) in [6.45, 7) is 0. The van der Waals surface area contributed by atoms with E-state index in [0.29, 0.717) is 18.3 Å². The van der Waals surface area contributed by atoms with Gasteiger partial charge in [0, 0.05) is 11.2 Å². The van der Waals surface area contributed by atoms with Crippen molar-refractivity contribution in [3.63, 3.8) is 0 Å². The second-order valence-corrected chi connectivity index (χ2v) is 6.80. The summed E-state index contributed by atoms with van der Waals surface area (Å²) in [6, 6.07) is 9.02. The number of nitrogens with zero attached hydrogens (tertiary/aromatic N) is 2. The van der Waals surface area contributed by atoms with E-state index in [2.05, 4.69) is 4.98 Å². The number of allylic oxidation sites excluding steroid dienone is 1. The molecule has 0 N–H and O–H groups in total. The zero-order chi connectivity index (χ0) is 18.0. The number of benzene rings is 1. The normalized spacial score (nSPS) is 12.7. The molecule has 0 atom stereocenters. The van der Waals surface area contributed by atoms with Crippen molar-refractivity contribution in [2.24, 2.45) is 0 Å². The molecule has 0 fully saturated rings. The van der Waals surface area contributed by atoms with E-state index in [-0.39, 0.29) is 10.6 Å². The number of hydrogen-bond acceptors (Lipinski definition) is 4. The van der Waals surface area contributed by atoms with Crippen molar-refractivity contribution >= 4 is 27.5 Å². The Hall–Kier alpha value is -2.37. The SMILES string of the molecule is N#CC(=Cc1ccccc1Cl)S(=O)(=O)c1ccc(C(F)(F)F)cn1. The highest BCUT2D eigenvalue weighted by atomic mass is 35.5. The van der Waals surface area contributed by atoms with Crippen molar-refractivity contribution in [1.82, 2.24) is 4.98 Å². The minimum atomic E-state index is -4.64. The van der Waals surface area contributed by atoms with Gasteiger partial charge in [0.25, 0.3) is 0 Å². The molecule has 0 radical (unpaired) electrons. The van der Waals surface area contributed by atoms with Crippen LogP contribution in [0.15, 0.2) is 52.5 Å². The lowest BCUT2D eigenvalue weighted by Crippen LogP contribution is -2.09. The number of hydrogen-bond donors (Lipinski definition) is 0. The van der Waals surface area contributed by atoms with E-state index in [0.717, 1.165) is 6.08 Å². The maximum atomic E-state index is 12.5. The molecule has 4 nitrogen and oxygen atoms in total. The summed E-state index contributed by atoms with van der Waals surface area (Å²) < 4.78 is 62.2. The first-order valence-corrected chi connectivity index (χ1v) is 8.17. The Labute approximate surface area is 140 Å². The van der Waals surface area contributed by atoms with E-state index in [1.54, 1.807) is 12.1 Å². The zero-order valence-electron chi connectivity index (χ0n) is 11.7. The van der Waals surface area contributed by atoms with Crippen LogP contribution in [0.2, 0.25) is 5.02 Å². The lowest BCUT2D eigenvalue weighted by Gasteiger charge is -2.07. The topological polar surface area (TPSA) is 70.8 Å². The first-order valence-electron chi connectivity index (χ1n) is 6.31. The summed E-state index contributed by atoms with van der Waals surface area (Å²) in [5.41, 5.74) is -0.804. The number of alkyl halides is 3. The number of aromatic nitrogens is 1. The Morgan fingerprint density at radius 3 is 2.38 bits per heavy atom. The Morgan fingerprint density at radius 1 is 1.21 bits per heavy atom. The molecule has 0 bridgehead atoms. The maximum absolute atomic E-state index is 12.5. The summed E-state index contributed by atoms with van der Waals surface area (Å²) in [5, 5.41) is 8.68. The lowest BCUT2D eigenvalue weighted by atomic mass is 10.2. The van der Waals surface area contributed by atoms with Crippen LogP contribution in [0.1, 0.15) is 11.1 Å². The Kier molecular flexibility index (Phi) is 4.96. The van der Waals surface area contributed by atoms with Crippen LogP contribution in [0.3, 0.4) is 0 Å². The van der Waals surface area contributed by atoms with Gasteiger partial charge < -0.3 is 0 Å². The van der Waals surface area contributed by atoms with Crippen LogP contribution in [0.25, 0.3) is 6.08 Å². The predicted octanol–water partition coefficient (Wildman–Crippen LogP) is 4.09. The third-order valence-electron chi connectivity index (χ3n) is 2.93. The molecule has 1 heterocycles. The summed E-state index contributed by atoms with van der Waals surface area (Å²) >= 11 is 5.90. The highest BCUT2D eigenvalue weighted by Crippen LogP contribution is 2.30. The van der Waals surface area contributed by atoms with Gasteiger partial charge in [0.15, 0.2) is 9.93 Å². The van der Waals surface area contributed by atoms with E-state index in [9.17, 15) is 21.6 Å². The van der Waals surface area contributed by atoms with E-state index in [4.69, 9.17) is 16.9 Å². The molecule has 0 aliphatic carbocycles. The molecule has 2 aromatic rings. The molecule has 1 aromatic heterocycles. The summed E-state index contributed by atoms with van der Waals surface area (Å²) in [4.78, 5) is 2.64. The molecule has 0 saturated carbocycles. The highest BCUT2D eigenvalue weighted by Gasteiger charge is 2.32. The molecule has 0 aliphatic heterocycles. The molecule has 0 saturated heterocycles. The van der Waals surface area contributed by atoms with Crippen LogP contribution in [0.5, 0.6) is 0 Å². The average molecular weight is 373 g/mol. The van der Waals surface area contributed by atoms with Crippen LogP contribution < -0.4 is 0 Å². The van der Waals surface area contributed by atoms with Crippen LogP contribution in [-0.4, -0.2) is 13.4 Å². The largest absolute Gasteiger partial charge is 0.417 e. The van der Waals surface area contributed by atoms with Gasteiger partial charge in [-0.2, -0.15) is 18.4 Å². The molecular formula is C15H8ClF3N2O2S. The fourth-order valence-electron chi connectivity index (χ4n) is 1.72. The summed E-state index contributed by atoms with van der Waals surface area (Å²) in [7, 11) is -4.37. The Balaban J connectivity index is 2.49. The molecule has 0 amide bonds. The second kappa shape index (κ2) is 6.63. The second-order valence-electron chi connectivity index (χ2n) is 4.53. The van der Waals surface area contributed by atoms with Gasteiger partial charge in [0.1, 0.15) is 6.07 Å². The highest BCUT2D eigenvalue weighted by molar-refractivity contribution is 7.95. The maximum Gasteiger partial charge on any atom is 0.417 e. The van der Waals surface area contributed by atoms with Crippen LogP contribution in [0, 0.1) is 11.3 Å². The molecule has 0 aliphatic rings. The van der Waals surface area contributed by atoms with Crippen molar-refractivity contribution in [2.45, 2.75) is 11.2 Å². The fraction of sp³-hybridized carbons (Fsp3) is 0.0667. The average Bonchev–Trinajstić information content (AvgIpc) is 2.53. The molecule has 0 spiro atoms. The molecule has 0 unspecified atom stereocenters. The molecule has 24 heavy (non-hydrogen) atoms. The lowest BCUT2D eigenvalue weighted by molar-refractivity contribution is -0.137. The molecule has 1 aromatic carbocycles. The van der Waals surface area contributed by atoms with Crippen molar-refractivity contribution in [2.75, 3.05) is 0 Å². The number of nitriles is 1. The van der Waals surface area contributed by atoms with Crippen molar-refractivity contribution in [3.05, 3.63) is 63.6 Å². The van der Waals surface area contributed by atoms with E-state index in [1.807, 2.05) is 0 Å². The monoisotopic (exact) mass is 372 g/mol. The van der Waals surface area contributed by atoms with Crippen molar-refractivity contribution in [1.29, 1.82) is 5.26 Å². The van der Waals surface area contributed by atoms with E-state index < -0.39 is 31.5 Å². The third kappa shape index (κ3) is 3.75. The van der Waals surface area contributed by atoms with E-state index >= 15 is 0 Å². The number of sulfone groups is 1. The smallest absolute Gasteiger partial charge is 0.244 e. The first-order chi connectivity index (χ1) is 11.2. The minimum Gasteiger partial charge on any atom is -0.244 e. The third-order valence-corrected chi connectivity index (χ3v) is 4.86. The fourth-order valence-corrected chi connectivity index (χ4v) is 2.98. The van der Waals surface area contributed by atoms with Gasteiger partial charge in [-0.3, -0.25) is 0 Å². The first kappa shape index (κ1) is 18.0. The van der Waals surface area contributed by atoms with Gasteiger partial charge in [-0.15, -0.1) is 0 Å². The summed E-state index contributed by atoms with van der Waals surface area (Å²) in [5.74, 6) is 0. The number of halogens is 4. The molecular weight excluding hydrogens is 365 g/mol. The van der Waals surface area contributed by atoms with Crippen LogP contribution >= 0.6 is 11.6 Å². The van der Waals surface area contributed by atoms with Gasteiger partial charge in [0.2, 0.25) is 9.84 Å². The van der Waals surface area contributed by atoms with Crippen LogP contribution in [-0.2, 0) is 16.0 Å². The minimum absolute atomic E-state index is 0.223. The predicted molar refractivity (Wildman–Crippen MR) is 81.5 cm³/mol. The Bertz CT molecular complexity index is 930. The van der Waals surface area contributed by atoms with Gasteiger partial charge in [-0.05, 0) is 29.8 Å². The quantitative estimate of drug-likeness (QED) is 0.761. The van der Waals surface area contributed by atoms with E-state index in [1.165, 1.54) is 18.2 Å². The standard InChI is InChI=1S/C15H8ClF3N2O2S/c16-13-4-2-1-3-10(13)7-12(8-20)24(22,23)14-6-5-11(9-21-14)15(17,18)19/h1-7,9H. The molecule has 124 valence electrons. The van der Waals surface area contributed by atoms with Crippen molar-refractivity contribution in [3.8, 4) is 6.07 Å². The van der Waals surface area contributed by atoms with Gasteiger partial charge in [-0.1, -0.05) is 29.8 Å².